The van der Waals surface area contributed by atoms with E-state index in [2.05, 4.69) is 16.1 Å². The van der Waals surface area contributed by atoms with E-state index in [1.165, 1.54) is 16.8 Å². The van der Waals surface area contributed by atoms with E-state index in [9.17, 15) is 8.42 Å². The smallest absolute Gasteiger partial charge is 0.238 e. The SMILES string of the molecule is CCOC1CCCN(Cc2nc(Cc3cccc(C)c3)n(-c3ccc(S(N)(=O)=O)cc3F)n2)C1. The van der Waals surface area contributed by atoms with Crippen molar-refractivity contribution in [2.75, 3.05) is 19.7 Å². The van der Waals surface area contributed by atoms with Gasteiger partial charge < -0.3 is 4.74 Å². The second-order valence-corrected chi connectivity index (χ2v) is 10.2. The predicted octanol–water partition coefficient (Wildman–Crippen LogP) is 2.95. The van der Waals surface area contributed by atoms with Crippen molar-refractivity contribution in [1.29, 1.82) is 0 Å². The molecule has 3 aromatic rings. The number of benzene rings is 2. The van der Waals surface area contributed by atoms with Crippen LogP contribution in [0.3, 0.4) is 0 Å². The van der Waals surface area contributed by atoms with Crippen LogP contribution in [0.2, 0.25) is 0 Å². The number of primary sulfonamides is 1. The molecule has 1 unspecified atom stereocenters. The summed E-state index contributed by atoms with van der Waals surface area (Å²) in [7, 11) is -4.02. The molecule has 1 aromatic heterocycles. The molecule has 0 aliphatic carbocycles. The molecule has 4 rings (SSSR count). The number of halogens is 1. The van der Waals surface area contributed by atoms with Crippen LogP contribution in [0.15, 0.2) is 47.4 Å². The number of nitrogens with zero attached hydrogens (tertiary/aromatic N) is 4. The zero-order valence-corrected chi connectivity index (χ0v) is 20.3. The second kappa shape index (κ2) is 10.3. The summed E-state index contributed by atoms with van der Waals surface area (Å²) in [6, 6.07) is 11.6. The average Bonchev–Trinajstić information content (AvgIpc) is 3.15. The number of likely N-dealkylation sites (tertiary alicyclic amines) is 1. The fraction of sp³-hybridized carbons (Fsp3) is 0.417. The minimum atomic E-state index is -4.02. The molecule has 2 aromatic carbocycles. The number of hydrogen-bond donors (Lipinski definition) is 1. The van der Waals surface area contributed by atoms with E-state index in [4.69, 9.17) is 14.9 Å². The Hall–Kier alpha value is -2.66. The predicted molar refractivity (Wildman–Crippen MR) is 127 cm³/mol. The Morgan fingerprint density at radius 3 is 2.76 bits per heavy atom. The van der Waals surface area contributed by atoms with Gasteiger partial charge in [0.05, 0.1) is 17.5 Å². The van der Waals surface area contributed by atoms with E-state index in [0.29, 0.717) is 31.2 Å². The lowest BCUT2D eigenvalue weighted by Crippen LogP contribution is -2.39. The number of rotatable bonds is 8. The van der Waals surface area contributed by atoms with Crippen molar-refractivity contribution in [2.45, 2.75) is 50.7 Å². The largest absolute Gasteiger partial charge is 0.377 e. The van der Waals surface area contributed by atoms with Gasteiger partial charge in [0.25, 0.3) is 0 Å². The minimum Gasteiger partial charge on any atom is -0.377 e. The number of sulfonamides is 1. The fourth-order valence-corrected chi connectivity index (χ4v) is 4.86. The Kier molecular flexibility index (Phi) is 7.42. The van der Waals surface area contributed by atoms with Gasteiger partial charge in [0.15, 0.2) is 5.82 Å². The molecule has 1 fully saturated rings. The average molecular weight is 488 g/mol. The Morgan fingerprint density at radius 2 is 2.06 bits per heavy atom. The van der Waals surface area contributed by atoms with E-state index in [-0.39, 0.29) is 16.7 Å². The van der Waals surface area contributed by atoms with Crippen LogP contribution in [-0.2, 0) is 27.7 Å². The standard InChI is InChI=1S/C24H30FN5O3S/c1-3-33-19-8-5-11-29(15-19)16-23-27-24(13-18-7-4-6-17(2)12-18)30(28-23)22-10-9-20(14-21(22)25)34(26,31)32/h4,6-7,9-10,12,14,19H,3,5,8,11,13,15-16H2,1-2H3,(H2,26,31,32). The van der Waals surface area contributed by atoms with E-state index < -0.39 is 15.8 Å². The van der Waals surface area contributed by atoms with Crippen LogP contribution >= 0.6 is 0 Å². The van der Waals surface area contributed by atoms with Crippen molar-refractivity contribution >= 4 is 10.0 Å². The lowest BCUT2D eigenvalue weighted by atomic mass is 10.1. The quantitative estimate of drug-likeness (QED) is 0.524. The number of aromatic nitrogens is 3. The van der Waals surface area contributed by atoms with Gasteiger partial charge in [-0.3, -0.25) is 4.90 Å². The summed E-state index contributed by atoms with van der Waals surface area (Å²) in [6.45, 7) is 6.93. The highest BCUT2D eigenvalue weighted by Crippen LogP contribution is 2.22. The number of piperidine rings is 1. The van der Waals surface area contributed by atoms with Crippen molar-refractivity contribution in [1.82, 2.24) is 19.7 Å². The van der Waals surface area contributed by atoms with Crippen LogP contribution in [0.25, 0.3) is 5.69 Å². The monoisotopic (exact) mass is 487 g/mol. The van der Waals surface area contributed by atoms with Gasteiger partial charge in [0, 0.05) is 19.6 Å². The molecular formula is C24H30FN5O3S. The molecule has 0 bridgehead atoms. The third-order valence-electron chi connectivity index (χ3n) is 5.87. The van der Waals surface area contributed by atoms with Crippen LogP contribution in [-0.4, -0.2) is 53.9 Å². The third-order valence-corrected chi connectivity index (χ3v) is 6.78. The molecule has 2 heterocycles. The fourth-order valence-electron chi connectivity index (χ4n) is 4.34. The molecule has 10 heteroatoms. The number of aryl methyl sites for hydroxylation is 1. The van der Waals surface area contributed by atoms with Gasteiger partial charge in [-0.2, -0.15) is 0 Å². The molecule has 1 aliphatic heterocycles. The van der Waals surface area contributed by atoms with Crippen molar-refractivity contribution < 1.29 is 17.5 Å². The van der Waals surface area contributed by atoms with Gasteiger partial charge in [-0.1, -0.05) is 29.8 Å². The molecule has 8 nitrogen and oxygen atoms in total. The van der Waals surface area contributed by atoms with Crippen molar-refractivity contribution in [3.05, 3.63) is 71.1 Å². The van der Waals surface area contributed by atoms with Gasteiger partial charge in [-0.25, -0.2) is 27.6 Å². The summed E-state index contributed by atoms with van der Waals surface area (Å²) in [5, 5.41) is 9.78. The molecular weight excluding hydrogens is 457 g/mol. The summed E-state index contributed by atoms with van der Waals surface area (Å²) in [5.74, 6) is 0.416. The third kappa shape index (κ3) is 5.87. The molecule has 0 spiro atoms. The normalized spacial score (nSPS) is 17.2. The first-order valence-electron chi connectivity index (χ1n) is 11.4. The molecule has 34 heavy (non-hydrogen) atoms. The first-order valence-corrected chi connectivity index (χ1v) is 12.9. The molecule has 0 radical (unpaired) electrons. The maximum atomic E-state index is 15.0. The second-order valence-electron chi connectivity index (χ2n) is 8.63. The molecule has 0 amide bonds. The van der Waals surface area contributed by atoms with E-state index in [0.717, 1.165) is 43.1 Å². The zero-order valence-electron chi connectivity index (χ0n) is 19.4. The Labute approximate surface area is 199 Å². The lowest BCUT2D eigenvalue weighted by molar-refractivity contribution is 0.00297. The summed E-state index contributed by atoms with van der Waals surface area (Å²) >= 11 is 0. The zero-order chi connectivity index (χ0) is 24.3. The Balaban J connectivity index is 1.67. The molecule has 0 saturated carbocycles. The van der Waals surface area contributed by atoms with E-state index in [1.54, 1.807) is 0 Å². The van der Waals surface area contributed by atoms with Gasteiger partial charge in [0.1, 0.15) is 17.3 Å². The first-order chi connectivity index (χ1) is 16.2. The maximum Gasteiger partial charge on any atom is 0.238 e. The molecule has 1 saturated heterocycles. The number of hydrogen-bond acceptors (Lipinski definition) is 6. The van der Waals surface area contributed by atoms with Gasteiger partial charge in [0.2, 0.25) is 10.0 Å². The first kappa shape index (κ1) is 24.5. The van der Waals surface area contributed by atoms with Crippen molar-refractivity contribution in [3.63, 3.8) is 0 Å². The van der Waals surface area contributed by atoms with Crippen LogP contribution in [0.1, 0.15) is 42.5 Å². The topological polar surface area (TPSA) is 103 Å². The van der Waals surface area contributed by atoms with Crippen molar-refractivity contribution in [2.24, 2.45) is 5.14 Å². The number of ether oxygens (including phenoxy) is 1. The highest BCUT2D eigenvalue weighted by molar-refractivity contribution is 7.89. The maximum absolute atomic E-state index is 15.0. The van der Waals surface area contributed by atoms with Crippen LogP contribution in [0, 0.1) is 12.7 Å². The van der Waals surface area contributed by atoms with Crippen molar-refractivity contribution in [3.8, 4) is 5.69 Å². The molecule has 182 valence electrons. The highest BCUT2D eigenvalue weighted by Gasteiger charge is 2.23. The Bertz CT molecular complexity index is 1260. The lowest BCUT2D eigenvalue weighted by Gasteiger charge is -2.31. The summed E-state index contributed by atoms with van der Waals surface area (Å²) in [5.41, 5.74) is 2.26. The van der Waals surface area contributed by atoms with Crippen LogP contribution in [0.5, 0.6) is 0 Å². The highest BCUT2D eigenvalue weighted by atomic mass is 32.2. The number of nitrogens with two attached hydrogens (primary N) is 1. The molecule has 1 aliphatic rings. The minimum absolute atomic E-state index is 0.125. The van der Waals surface area contributed by atoms with Crippen LogP contribution in [0.4, 0.5) is 4.39 Å². The van der Waals surface area contributed by atoms with Gasteiger partial charge in [-0.05, 0) is 57.0 Å². The van der Waals surface area contributed by atoms with Crippen LogP contribution < -0.4 is 5.14 Å². The summed E-state index contributed by atoms with van der Waals surface area (Å²) in [4.78, 5) is 6.71. The summed E-state index contributed by atoms with van der Waals surface area (Å²) < 4.78 is 45.5. The summed E-state index contributed by atoms with van der Waals surface area (Å²) in [6.07, 6.45) is 2.71. The Morgan fingerprint density at radius 1 is 1.24 bits per heavy atom. The molecule has 1 atom stereocenters. The molecule has 2 N–H and O–H groups in total. The van der Waals surface area contributed by atoms with Gasteiger partial charge in [-0.15, -0.1) is 5.10 Å². The van der Waals surface area contributed by atoms with E-state index >= 15 is 4.39 Å². The van der Waals surface area contributed by atoms with E-state index in [1.807, 2.05) is 32.0 Å². The van der Waals surface area contributed by atoms with Gasteiger partial charge >= 0.3 is 0 Å².